The molecule has 6 heteroatoms. The van der Waals surface area contributed by atoms with Gasteiger partial charge in [0.05, 0.1) is 12.7 Å². The topological polar surface area (TPSA) is 58.8 Å². The number of fused-ring (bicyclic) bond motifs is 1. The fourth-order valence-corrected chi connectivity index (χ4v) is 3.89. The minimum atomic E-state index is 0.0878. The zero-order valence-electron chi connectivity index (χ0n) is 14.4. The maximum atomic E-state index is 12.3. The maximum absolute atomic E-state index is 12.3. The molecule has 4 rings (SSSR count). The van der Waals surface area contributed by atoms with E-state index in [0.717, 1.165) is 37.7 Å². The fraction of sp³-hybridized carbons (Fsp3) is 0.474. The Morgan fingerprint density at radius 1 is 1.28 bits per heavy atom. The van der Waals surface area contributed by atoms with E-state index in [1.807, 2.05) is 41.3 Å². The summed E-state index contributed by atoms with van der Waals surface area (Å²) in [5.41, 5.74) is 0. The van der Waals surface area contributed by atoms with Gasteiger partial charge in [0.2, 0.25) is 0 Å². The number of piperidine rings is 1. The summed E-state index contributed by atoms with van der Waals surface area (Å²) in [5.74, 6) is 3.68. The lowest BCUT2D eigenvalue weighted by Gasteiger charge is -2.22. The predicted octanol–water partition coefficient (Wildman–Crippen LogP) is 1.89. The van der Waals surface area contributed by atoms with Crippen molar-refractivity contribution in [3.05, 3.63) is 48.4 Å². The summed E-state index contributed by atoms with van der Waals surface area (Å²) >= 11 is 0. The Kier molecular flexibility index (Phi) is 4.44. The Bertz CT molecular complexity index is 692. The summed E-state index contributed by atoms with van der Waals surface area (Å²) in [6.45, 7) is 3.67. The van der Waals surface area contributed by atoms with Crippen molar-refractivity contribution in [2.24, 2.45) is 17.8 Å². The molecular formula is C19H23N3O3. The number of aromatic nitrogens is 1. The van der Waals surface area contributed by atoms with Crippen molar-refractivity contribution < 1.29 is 14.1 Å². The molecule has 0 radical (unpaired) electrons. The smallest absolute Gasteiger partial charge is 0.260 e. The molecule has 2 fully saturated rings. The van der Waals surface area contributed by atoms with Crippen LogP contribution in [-0.2, 0) is 11.3 Å². The Hall–Kier alpha value is -2.34. The monoisotopic (exact) mass is 341 g/mol. The number of hydrogen-bond donors (Lipinski definition) is 0. The van der Waals surface area contributed by atoms with E-state index >= 15 is 0 Å². The lowest BCUT2D eigenvalue weighted by Crippen LogP contribution is -2.36. The van der Waals surface area contributed by atoms with Crippen LogP contribution in [0.3, 0.4) is 0 Å². The van der Waals surface area contributed by atoms with Crippen LogP contribution >= 0.6 is 0 Å². The molecule has 1 saturated heterocycles. The van der Waals surface area contributed by atoms with E-state index < -0.39 is 0 Å². The van der Waals surface area contributed by atoms with Gasteiger partial charge in [0.25, 0.3) is 5.91 Å². The van der Waals surface area contributed by atoms with E-state index in [-0.39, 0.29) is 12.5 Å². The number of amides is 1. The zero-order chi connectivity index (χ0) is 17.2. The van der Waals surface area contributed by atoms with Gasteiger partial charge in [0, 0.05) is 25.7 Å². The Balaban J connectivity index is 1.19. The van der Waals surface area contributed by atoms with Gasteiger partial charge in [-0.2, -0.15) is 0 Å². The van der Waals surface area contributed by atoms with Crippen LogP contribution in [0.25, 0.3) is 0 Å². The van der Waals surface area contributed by atoms with Gasteiger partial charge in [-0.1, -0.05) is 23.4 Å². The number of likely N-dealkylation sites (tertiary alicyclic amines) is 1. The van der Waals surface area contributed by atoms with E-state index in [2.05, 4.69) is 17.1 Å². The predicted molar refractivity (Wildman–Crippen MR) is 91.8 cm³/mol. The number of hydrogen-bond acceptors (Lipinski definition) is 5. The molecule has 132 valence electrons. The Morgan fingerprint density at radius 3 is 2.72 bits per heavy atom. The van der Waals surface area contributed by atoms with Crippen LogP contribution in [0, 0.1) is 17.8 Å². The number of benzene rings is 1. The van der Waals surface area contributed by atoms with Crippen molar-refractivity contribution in [2.45, 2.75) is 6.54 Å². The summed E-state index contributed by atoms with van der Waals surface area (Å²) in [6.07, 6.45) is 1.68. The minimum absolute atomic E-state index is 0.0878. The second kappa shape index (κ2) is 6.88. The van der Waals surface area contributed by atoms with Crippen LogP contribution in [-0.4, -0.2) is 54.2 Å². The molecular weight excluding hydrogens is 318 g/mol. The van der Waals surface area contributed by atoms with Gasteiger partial charge in [0.1, 0.15) is 5.75 Å². The van der Waals surface area contributed by atoms with Crippen molar-refractivity contribution in [3.63, 3.8) is 0 Å². The number of rotatable bonds is 7. The molecule has 1 amide bonds. The minimum Gasteiger partial charge on any atom is -0.484 e. The van der Waals surface area contributed by atoms with E-state index in [1.54, 1.807) is 6.20 Å². The third-order valence-electron chi connectivity index (χ3n) is 5.27. The molecule has 0 spiro atoms. The van der Waals surface area contributed by atoms with Crippen LogP contribution in [0.5, 0.6) is 5.75 Å². The third-order valence-corrected chi connectivity index (χ3v) is 5.27. The van der Waals surface area contributed by atoms with Gasteiger partial charge >= 0.3 is 0 Å². The first-order valence-electron chi connectivity index (χ1n) is 8.74. The lowest BCUT2D eigenvalue weighted by atomic mass is 10.2. The zero-order valence-corrected chi connectivity index (χ0v) is 14.4. The molecule has 1 unspecified atom stereocenters. The highest BCUT2D eigenvalue weighted by Crippen LogP contribution is 2.51. The molecule has 2 aromatic rings. The summed E-state index contributed by atoms with van der Waals surface area (Å²) in [6, 6.07) is 11.4. The van der Waals surface area contributed by atoms with Crippen molar-refractivity contribution in [2.75, 3.05) is 33.3 Å². The number of ether oxygens (including phenoxy) is 1. The second-order valence-electron chi connectivity index (χ2n) is 7.07. The molecule has 0 bridgehead atoms. The highest BCUT2D eigenvalue weighted by Gasteiger charge is 2.56. The average molecular weight is 341 g/mol. The molecule has 25 heavy (non-hydrogen) atoms. The van der Waals surface area contributed by atoms with Crippen molar-refractivity contribution in [1.82, 2.24) is 15.0 Å². The maximum Gasteiger partial charge on any atom is 0.260 e. The molecule has 1 saturated carbocycles. The first-order chi connectivity index (χ1) is 12.2. The quantitative estimate of drug-likeness (QED) is 0.770. The van der Waals surface area contributed by atoms with Crippen LogP contribution in [0.4, 0.5) is 0 Å². The van der Waals surface area contributed by atoms with Crippen molar-refractivity contribution >= 4 is 5.91 Å². The molecule has 1 aromatic heterocycles. The van der Waals surface area contributed by atoms with Crippen molar-refractivity contribution in [3.8, 4) is 5.75 Å². The van der Waals surface area contributed by atoms with E-state index in [4.69, 9.17) is 9.26 Å². The molecule has 1 aliphatic heterocycles. The molecule has 1 aliphatic carbocycles. The van der Waals surface area contributed by atoms with Gasteiger partial charge in [0.15, 0.2) is 12.4 Å². The van der Waals surface area contributed by atoms with E-state index in [1.165, 1.54) is 0 Å². The highest BCUT2D eigenvalue weighted by molar-refractivity contribution is 5.78. The van der Waals surface area contributed by atoms with Gasteiger partial charge in [-0.25, -0.2) is 0 Å². The van der Waals surface area contributed by atoms with Gasteiger partial charge in [-0.3, -0.25) is 9.69 Å². The molecule has 1 aromatic carbocycles. The van der Waals surface area contributed by atoms with E-state index in [9.17, 15) is 4.79 Å². The fourth-order valence-electron chi connectivity index (χ4n) is 3.89. The standard InChI is InChI=1S/C19H23N3O3/c1-21(9-15-7-8-20-25-15)10-16-17-11-22(12-18(16)17)19(23)13-24-14-5-3-2-4-6-14/h2-8,16-18H,9-13H2,1H3/t16?,17-,18+. The SMILES string of the molecule is CN(Cc1ccno1)CC1[C@H]2CN(C(=O)COc3ccccc3)C[C@@H]12. The number of carbonyl (C=O) groups is 1. The molecule has 3 atom stereocenters. The number of para-hydroxylation sites is 1. The van der Waals surface area contributed by atoms with Gasteiger partial charge in [-0.15, -0.1) is 0 Å². The molecule has 6 nitrogen and oxygen atoms in total. The number of carbonyl (C=O) groups excluding carboxylic acids is 1. The lowest BCUT2D eigenvalue weighted by molar-refractivity contribution is -0.133. The Morgan fingerprint density at radius 2 is 2.04 bits per heavy atom. The number of nitrogens with zero attached hydrogens (tertiary/aromatic N) is 3. The van der Waals surface area contributed by atoms with Crippen LogP contribution in [0.15, 0.2) is 47.1 Å². The average Bonchev–Trinajstić information content (AvgIpc) is 3.05. The third kappa shape index (κ3) is 3.69. The van der Waals surface area contributed by atoms with Crippen LogP contribution in [0.1, 0.15) is 5.76 Å². The molecule has 2 aliphatic rings. The van der Waals surface area contributed by atoms with Crippen LogP contribution in [0.2, 0.25) is 0 Å². The van der Waals surface area contributed by atoms with Crippen molar-refractivity contribution in [1.29, 1.82) is 0 Å². The van der Waals surface area contributed by atoms with E-state index in [0.29, 0.717) is 17.8 Å². The van der Waals surface area contributed by atoms with Gasteiger partial charge < -0.3 is 14.2 Å². The highest BCUT2D eigenvalue weighted by atomic mass is 16.5. The summed E-state index contributed by atoms with van der Waals surface area (Å²) in [4.78, 5) is 16.5. The summed E-state index contributed by atoms with van der Waals surface area (Å²) < 4.78 is 10.7. The second-order valence-corrected chi connectivity index (χ2v) is 7.07. The summed E-state index contributed by atoms with van der Waals surface area (Å²) in [5, 5.41) is 3.74. The van der Waals surface area contributed by atoms with Crippen LogP contribution < -0.4 is 4.74 Å². The summed E-state index contributed by atoms with van der Waals surface area (Å²) in [7, 11) is 2.10. The normalized spacial score (nSPS) is 24.4. The molecule has 0 N–H and O–H groups in total. The van der Waals surface area contributed by atoms with Gasteiger partial charge in [-0.05, 0) is 36.9 Å². The first kappa shape index (κ1) is 16.1. The Labute approximate surface area is 147 Å². The first-order valence-corrected chi connectivity index (χ1v) is 8.74. The molecule has 2 heterocycles. The largest absolute Gasteiger partial charge is 0.484 e.